The molecule has 1 aliphatic rings. The molecule has 3 heteroatoms. The molecule has 57 valence electrons. The molecule has 1 radical (unpaired) electrons. The lowest BCUT2D eigenvalue weighted by Gasteiger charge is -2.29. The predicted molar refractivity (Wildman–Crippen MR) is 39.2 cm³/mol. The molecule has 10 heavy (non-hydrogen) atoms. The van der Waals surface area contributed by atoms with Gasteiger partial charge in [-0.3, -0.25) is 4.99 Å². The van der Waals surface area contributed by atoms with E-state index in [4.69, 9.17) is 0 Å². The van der Waals surface area contributed by atoms with Gasteiger partial charge in [0.2, 0.25) is 0 Å². The van der Waals surface area contributed by atoms with Gasteiger partial charge < -0.3 is 0 Å². The Morgan fingerprint density at radius 2 is 1.80 bits per heavy atom. The van der Waals surface area contributed by atoms with Crippen LogP contribution in [0.15, 0.2) is 4.99 Å². The number of aliphatic imine (C=N–C) groups is 1. The van der Waals surface area contributed by atoms with Crippen LogP contribution in [0.2, 0.25) is 0 Å². The van der Waals surface area contributed by atoms with Gasteiger partial charge in [-0.1, -0.05) is 0 Å². The Balaban J connectivity index is 2.88. The molecule has 0 spiro atoms. The number of hydrogen-bond acceptors (Lipinski definition) is 2. The molecule has 0 saturated carbocycles. The van der Waals surface area contributed by atoms with Crippen molar-refractivity contribution in [1.82, 2.24) is 5.06 Å². The Morgan fingerprint density at radius 3 is 1.90 bits per heavy atom. The van der Waals surface area contributed by atoms with Crippen molar-refractivity contribution >= 4 is 6.21 Å². The third kappa shape index (κ3) is 0.954. The van der Waals surface area contributed by atoms with Crippen LogP contribution in [0.25, 0.3) is 0 Å². The van der Waals surface area contributed by atoms with Crippen LogP contribution in [0.4, 0.5) is 0 Å². The van der Waals surface area contributed by atoms with Gasteiger partial charge in [-0.05, 0) is 27.7 Å². The van der Waals surface area contributed by atoms with Crippen molar-refractivity contribution in [2.45, 2.75) is 38.9 Å². The SMILES string of the molecule is CC1(C)C=NC(C)(C)N1[O]. The lowest BCUT2D eigenvalue weighted by Crippen LogP contribution is -2.46. The predicted octanol–water partition coefficient (Wildman–Crippen LogP) is 1.23. The van der Waals surface area contributed by atoms with E-state index >= 15 is 0 Å². The van der Waals surface area contributed by atoms with Gasteiger partial charge >= 0.3 is 0 Å². The molecule has 0 unspecified atom stereocenters. The van der Waals surface area contributed by atoms with Gasteiger partial charge in [-0.2, -0.15) is 0 Å². The van der Waals surface area contributed by atoms with Gasteiger partial charge in [0.05, 0.1) is 5.54 Å². The van der Waals surface area contributed by atoms with Crippen molar-refractivity contribution in [1.29, 1.82) is 0 Å². The minimum absolute atomic E-state index is 0.427. The summed E-state index contributed by atoms with van der Waals surface area (Å²) in [5.41, 5.74) is -0.993. The molecule has 1 aliphatic heterocycles. The Morgan fingerprint density at radius 1 is 1.30 bits per heavy atom. The smallest absolute Gasteiger partial charge is 0.133 e. The monoisotopic (exact) mass is 141 g/mol. The van der Waals surface area contributed by atoms with E-state index in [2.05, 4.69) is 4.99 Å². The quantitative estimate of drug-likeness (QED) is 0.499. The molecule has 1 rings (SSSR count). The van der Waals surface area contributed by atoms with Crippen molar-refractivity contribution in [2.75, 3.05) is 0 Å². The van der Waals surface area contributed by atoms with E-state index < -0.39 is 11.2 Å². The minimum Gasteiger partial charge on any atom is -0.271 e. The molecular weight excluding hydrogens is 128 g/mol. The lowest BCUT2D eigenvalue weighted by atomic mass is 10.1. The summed E-state index contributed by atoms with van der Waals surface area (Å²) in [6.07, 6.45) is 1.71. The summed E-state index contributed by atoms with van der Waals surface area (Å²) in [5.74, 6) is 0. The fourth-order valence-corrected chi connectivity index (χ4v) is 1.13. The number of hydroxylamine groups is 2. The maximum absolute atomic E-state index is 11.3. The van der Waals surface area contributed by atoms with E-state index in [9.17, 15) is 5.21 Å². The van der Waals surface area contributed by atoms with Crippen LogP contribution in [0.1, 0.15) is 27.7 Å². The number of rotatable bonds is 0. The van der Waals surface area contributed by atoms with E-state index in [0.717, 1.165) is 5.06 Å². The molecule has 0 bridgehead atoms. The fraction of sp³-hybridized carbons (Fsp3) is 0.857. The second-order valence-corrected chi connectivity index (χ2v) is 3.70. The zero-order chi connectivity index (χ0) is 7.99. The molecule has 0 amide bonds. The van der Waals surface area contributed by atoms with E-state index in [-0.39, 0.29) is 0 Å². The molecule has 1 heterocycles. The Bertz CT molecular complexity index is 154. The van der Waals surface area contributed by atoms with Crippen LogP contribution in [0, 0.1) is 0 Å². The van der Waals surface area contributed by atoms with Crippen LogP contribution in [-0.4, -0.2) is 22.5 Å². The summed E-state index contributed by atoms with van der Waals surface area (Å²) in [5, 5.41) is 12.4. The highest BCUT2D eigenvalue weighted by atomic mass is 16.5. The molecule has 0 aromatic carbocycles. The van der Waals surface area contributed by atoms with Crippen molar-refractivity contribution < 1.29 is 5.21 Å². The molecule has 3 nitrogen and oxygen atoms in total. The first-order chi connectivity index (χ1) is 4.36. The maximum Gasteiger partial charge on any atom is 0.133 e. The van der Waals surface area contributed by atoms with Gasteiger partial charge in [0.1, 0.15) is 5.66 Å². The van der Waals surface area contributed by atoms with Crippen LogP contribution >= 0.6 is 0 Å². The average molecular weight is 141 g/mol. The van der Waals surface area contributed by atoms with E-state index in [0.29, 0.717) is 0 Å². The minimum atomic E-state index is -0.566. The van der Waals surface area contributed by atoms with Crippen LogP contribution in [0.5, 0.6) is 0 Å². The standard InChI is InChI=1S/C7H13N2O/c1-6(2)5-8-7(3,4)9(6)10/h5H,1-4H3. The zero-order valence-corrected chi connectivity index (χ0v) is 6.88. The van der Waals surface area contributed by atoms with Gasteiger partial charge in [0, 0.05) is 6.21 Å². The van der Waals surface area contributed by atoms with Crippen molar-refractivity contribution in [3.05, 3.63) is 0 Å². The molecule has 0 saturated heterocycles. The molecular formula is C7H13N2O. The second-order valence-electron chi connectivity index (χ2n) is 3.70. The molecule has 0 N–H and O–H groups in total. The second kappa shape index (κ2) is 1.80. The Hall–Kier alpha value is -0.410. The van der Waals surface area contributed by atoms with Crippen LogP contribution in [-0.2, 0) is 5.21 Å². The third-order valence-electron chi connectivity index (χ3n) is 1.72. The van der Waals surface area contributed by atoms with E-state index in [1.54, 1.807) is 6.21 Å². The molecule has 0 aliphatic carbocycles. The Kier molecular flexibility index (Phi) is 1.38. The lowest BCUT2D eigenvalue weighted by molar-refractivity contribution is -0.240. The average Bonchev–Trinajstić information content (AvgIpc) is 1.95. The number of hydrogen-bond donors (Lipinski definition) is 0. The summed E-state index contributed by atoms with van der Waals surface area (Å²) in [6, 6.07) is 0. The first-order valence-corrected chi connectivity index (χ1v) is 3.40. The maximum atomic E-state index is 11.3. The van der Waals surface area contributed by atoms with Gasteiger partial charge in [-0.25, -0.2) is 0 Å². The largest absolute Gasteiger partial charge is 0.271 e. The molecule has 0 aromatic heterocycles. The van der Waals surface area contributed by atoms with E-state index in [1.165, 1.54) is 0 Å². The third-order valence-corrected chi connectivity index (χ3v) is 1.72. The highest BCUT2D eigenvalue weighted by molar-refractivity contribution is 5.71. The van der Waals surface area contributed by atoms with Crippen molar-refractivity contribution in [3.8, 4) is 0 Å². The van der Waals surface area contributed by atoms with Crippen LogP contribution < -0.4 is 0 Å². The first kappa shape index (κ1) is 7.69. The van der Waals surface area contributed by atoms with Crippen molar-refractivity contribution in [3.63, 3.8) is 0 Å². The highest BCUT2D eigenvalue weighted by Gasteiger charge is 2.42. The summed E-state index contributed by atoms with van der Waals surface area (Å²) in [6.45, 7) is 7.34. The van der Waals surface area contributed by atoms with Crippen molar-refractivity contribution in [2.24, 2.45) is 4.99 Å². The van der Waals surface area contributed by atoms with Crippen LogP contribution in [0.3, 0.4) is 0 Å². The summed E-state index contributed by atoms with van der Waals surface area (Å²) in [7, 11) is 0. The molecule has 0 aromatic rings. The molecule has 0 atom stereocenters. The van der Waals surface area contributed by atoms with Gasteiger partial charge in [-0.15, -0.1) is 10.3 Å². The summed E-state index contributed by atoms with van der Waals surface area (Å²) >= 11 is 0. The number of nitrogens with zero attached hydrogens (tertiary/aromatic N) is 2. The molecule has 0 fully saturated rings. The van der Waals surface area contributed by atoms with E-state index in [1.807, 2.05) is 27.7 Å². The highest BCUT2D eigenvalue weighted by Crippen LogP contribution is 2.28. The summed E-state index contributed by atoms with van der Waals surface area (Å²) in [4.78, 5) is 4.09. The topological polar surface area (TPSA) is 35.5 Å². The Labute approximate surface area is 61.3 Å². The van der Waals surface area contributed by atoms with Gasteiger partial charge in [0.15, 0.2) is 0 Å². The fourth-order valence-electron chi connectivity index (χ4n) is 1.13. The summed E-state index contributed by atoms with van der Waals surface area (Å²) < 4.78 is 0. The first-order valence-electron chi connectivity index (χ1n) is 3.40. The van der Waals surface area contributed by atoms with Gasteiger partial charge in [0.25, 0.3) is 0 Å². The zero-order valence-electron chi connectivity index (χ0n) is 6.88. The normalized spacial score (nSPS) is 29.3.